The summed E-state index contributed by atoms with van der Waals surface area (Å²) in [5.41, 5.74) is 1.98. The molecule has 0 amide bonds. The van der Waals surface area contributed by atoms with Crippen molar-refractivity contribution in [2.24, 2.45) is 0 Å². The van der Waals surface area contributed by atoms with E-state index in [2.05, 4.69) is 16.4 Å². The Morgan fingerprint density at radius 1 is 1.30 bits per heavy atom. The van der Waals surface area contributed by atoms with Crippen LogP contribution in [0.2, 0.25) is 0 Å². The number of nitriles is 1. The summed E-state index contributed by atoms with van der Waals surface area (Å²) in [5.74, 6) is 1.30. The zero-order chi connectivity index (χ0) is 16.8. The molecule has 0 bridgehead atoms. The van der Waals surface area contributed by atoms with Gasteiger partial charge in [-0.2, -0.15) is 5.26 Å². The Morgan fingerprint density at radius 3 is 2.78 bits per heavy atom. The molecule has 0 aliphatic heterocycles. The van der Waals surface area contributed by atoms with Crippen molar-refractivity contribution in [3.8, 4) is 11.8 Å². The second kappa shape index (κ2) is 7.61. The van der Waals surface area contributed by atoms with Gasteiger partial charge in [0.1, 0.15) is 23.3 Å². The van der Waals surface area contributed by atoms with E-state index in [1.54, 1.807) is 6.07 Å². The SMILES string of the molecule is Cc1ccc(NCC(O)c2cccc(OC(C)C)c2)nc1C#N. The first-order valence-electron chi connectivity index (χ1n) is 7.56. The zero-order valence-corrected chi connectivity index (χ0v) is 13.6. The summed E-state index contributed by atoms with van der Waals surface area (Å²) < 4.78 is 5.63. The first-order chi connectivity index (χ1) is 11.0. The van der Waals surface area contributed by atoms with Crippen LogP contribution in [0.15, 0.2) is 36.4 Å². The molecule has 120 valence electrons. The van der Waals surface area contributed by atoms with Crippen LogP contribution in [0.25, 0.3) is 0 Å². The molecular weight excluding hydrogens is 290 g/mol. The molecule has 0 aliphatic rings. The number of hydrogen-bond donors (Lipinski definition) is 2. The van der Waals surface area contributed by atoms with Gasteiger partial charge in [-0.05, 0) is 50.1 Å². The molecule has 5 nitrogen and oxygen atoms in total. The smallest absolute Gasteiger partial charge is 0.145 e. The summed E-state index contributed by atoms with van der Waals surface area (Å²) in [4.78, 5) is 4.21. The minimum atomic E-state index is -0.695. The molecule has 23 heavy (non-hydrogen) atoms. The second-order valence-corrected chi connectivity index (χ2v) is 5.61. The Kier molecular flexibility index (Phi) is 5.56. The van der Waals surface area contributed by atoms with Crippen LogP contribution in [0.3, 0.4) is 0 Å². The number of rotatable bonds is 6. The van der Waals surface area contributed by atoms with Gasteiger partial charge in [0.25, 0.3) is 0 Å². The molecular formula is C18H21N3O2. The highest BCUT2D eigenvalue weighted by Gasteiger charge is 2.10. The molecule has 5 heteroatoms. The van der Waals surface area contributed by atoms with Gasteiger partial charge < -0.3 is 15.2 Å². The van der Waals surface area contributed by atoms with Gasteiger partial charge in [-0.1, -0.05) is 18.2 Å². The third kappa shape index (κ3) is 4.70. The summed E-state index contributed by atoms with van der Waals surface area (Å²) in [6.45, 7) is 6.05. The van der Waals surface area contributed by atoms with Crippen molar-refractivity contribution in [3.63, 3.8) is 0 Å². The largest absolute Gasteiger partial charge is 0.491 e. The third-order valence-corrected chi connectivity index (χ3v) is 3.29. The van der Waals surface area contributed by atoms with Crippen LogP contribution < -0.4 is 10.1 Å². The number of ether oxygens (including phenoxy) is 1. The molecule has 0 spiro atoms. The lowest BCUT2D eigenvalue weighted by atomic mass is 10.1. The number of aromatic nitrogens is 1. The molecule has 1 aromatic carbocycles. The molecule has 0 saturated heterocycles. The lowest BCUT2D eigenvalue weighted by Gasteiger charge is -2.15. The number of aliphatic hydroxyl groups excluding tert-OH is 1. The van der Waals surface area contributed by atoms with Crippen molar-refractivity contribution < 1.29 is 9.84 Å². The fourth-order valence-corrected chi connectivity index (χ4v) is 2.13. The van der Waals surface area contributed by atoms with E-state index in [0.29, 0.717) is 18.1 Å². The summed E-state index contributed by atoms with van der Waals surface area (Å²) >= 11 is 0. The average molecular weight is 311 g/mol. The Balaban J connectivity index is 2.02. The number of benzene rings is 1. The van der Waals surface area contributed by atoms with Crippen molar-refractivity contribution in [2.75, 3.05) is 11.9 Å². The van der Waals surface area contributed by atoms with E-state index >= 15 is 0 Å². The molecule has 2 rings (SSSR count). The summed E-state index contributed by atoms with van der Waals surface area (Å²) in [6, 6.07) is 13.1. The van der Waals surface area contributed by atoms with E-state index < -0.39 is 6.10 Å². The quantitative estimate of drug-likeness (QED) is 0.856. The van der Waals surface area contributed by atoms with Gasteiger partial charge >= 0.3 is 0 Å². The zero-order valence-electron chi connectivity index (χ0n) is 13.6. The molecule has 2 aromatic rings. The highest BCUT2D eigenvalue weighted by molar-refractivity contribution is 5.43. The van der Waals surface area contributed by atoms with Crippen LogP contribution in [-0.2, 0) is 0 Å². The first-order valence-corrected chi connectivity index (χ1v) is 7.56. The van der Waals surface area contributed by atoms with E-state index in [0.717, 1.165) is 16.9 Å². The Morgan fingerprint density at radius 2 is 2.09 bits per heavy atom. The van der Waals surface area contributed by atoms with E-state index in [9.17, 15) is 5.11 Å². The number of anilines is 1. The van der Waals surface area contributed by atoms with Crippen LogP contribution in [0.1, 0.15) is 36.8 Å². The Bertz CT molecular complexity index is 708. The van der Waals surface area contributed by atoms with Crippen LogP contribution >= 0.6 is 0 Å². The molecule has 1 atom stereocenters. The summed E-state index contributed by atoms with van der Waals surface area (Å²) in [6.07, 6.45) is -0.610. The van der Waals surface area contributed by atoms with Gasteiger partial charge in [-0.3, -0.25) is 0 Å². The highest BCUT2D eigenvalue weighted by atomic mass is 16.5. The van der Waals surface area contributed by atoms with Crippen LogP contribution in [0.5, 0.6) is 5.75 Å². The summed E-state index contributed by atoms with van der Waals surface area (Å²) in [5, 5.41) is 22.4. The van der Waals surface area contributed by atoms with Crippen molar-refractivity contribution >= 4 is 5.82 Å². The van der Waals surface area contributed by atoms with Gasteiger partial charge in [-0.25, -0.2) is 4.98 Å². The maximum Gasteiger partial charge on any atom is 0.145 e. The normalized spacial score (nSPS) is 11.8. The minimum absolute atomic E-state index is 0.0849. The number of nitrogens with zero attached hydrogens (tertiary/aromatic N) is 2. The predicted molar refractivity (Wildman–Crippen MR) is 89.3 cm³/mol. The average Bonchev–Trinajstić information content (AvgIpc) is 2.53. The first kappa shape index (κ1) is 16.8. The molecule has 1 aromatic heterocycles. The van der Waals surface area contributed by atoms with E-state index in [1.165, 1.54) is 0 Å². The Hall–Kier alpha value is -2.58. The van der Waals surface area contributed by atoms with Crippen molar-refractivity contribution in [2.45, 2.75) is 33.0 Å². The fourth-order valence-electron chi connectivity index (χ4n) is 2.13. The van der Waals surface area contributed by atoms with Gasteiger partial charge in [0, 0.05) is 6.54 Å². The number of pyridine rings is 1. The maximum absolute atomic E-state index is 10.3. The molecule has 1 heterocycles. The minimum Gasteiger partial charge on any atom is -0.491 e. The lowest BCUT2D eigenvalue weighted by molar-refractivity contribution is 0.189. The van der Waals surface area contributed by atoms with Crippen molar-refractivity contribution in [3.05, 3.63) is 53.2 Å². The lowest BCUT2D eigenvalue weighted by Crippen LogP contribution is -2.14. The van der Waals surface area contributed by atoms with E-state index in [1.807, 2.05) is 51.1 Å². The second-order valence-electron chi connectivity index (χ2n) is 5.61. The standard InChI is InChI=1S/C18H21N3O2/c1-12(2)23-15-6-4-5-14(9-15)17(22)11-20-18-8-7-13(3)16(10-19)21-18/h4-9,12,17,22H,11H2,1-3H3,(H,20,21). The molecule has 0 aliphatic carbocycles. The van der Waals surface area contributed by atoms with Crippen LogP contribution in [-0.4, -0.2) is 22.7 Å². The predicted octanol–water partition coefficient (Wildman–Crippen LogP) is 3.19. The monoisotopic (exact) mass is 311 g/mol. The molecule has 2 N–H and O–H groups in total. The van der Waals surface area contributed by atoms with Gasteiger partial charge in [-0.15, -0.1) is 0 Å². The van der Waals surface area contributed by atoms with E-state index in [-0.39, 0.29) is 6.10 Å². The molecule has 0 radical (unpaired) electrons. The van der Waals surface area contributed by atoms with Gasteiger partial charge in [0.15, 0.2) is 0 Å². The molecule has 0 saturated carbocycles. The Labute approximate surface area is 136 Å². The molecule has 1 unspecified atom stereocenters. The fraction of sp³-hybridized carbons (Fsp3) is 0.333. The highest BCUT2D eigenvalue weighted by Crippen LogP contribution is 2.21. The number of aryl methyl sites for hydroxylation is 1. The molecule has 0 fully saturated rings. The number of hydrogen-bond acceptors (Lipinski definition) is 5. The van der Waals surface area contributed by atoms with Gasteiger partial charge in [0.05, 0.1) is 12.2 Å². The summed E-state index contributed by atoms with van der Waals surface area (Å²) in [7, 11) is 0. The number of nitrogens with one attached hydrogen (secondary N) is 1. The number of aliphatic hydroxyl groups is 1. The third-order valence-electron chi connectivity index (χ3n) is 3.29. The topological polar surface area (TPSA) is 78.2 Å². The maximum atomic E-state index is 10.3. The van der Waals surface area contributed by atoms with Crippen molar-refractivity contribution in [1.82, 2.24) is 4.98 Å². The van der Waals surface area contributed by atoms with Crippen molar-refractivity contribution in [1.29, 1.82) is 5.26 Å². The van der Waals surface area contributed by atoms with E-state index in [4.69, 9.17) is 10.00 Å². The van der Waals surface area contributed by atoms with Crippen LogP contribution in [0.4, 0.5) is 5.82 Å². The van der Waals surface area contributed by atoms with Crippen LogP contribution in [0, 0.1) is 18.3 Å². The van der Waals surface area contributed by atoms with Gasteiger partial charge in [0.2, 0.25) is 0 Å².